The molecular weight excluding hydrogens is 422 g/mol. The molecule has 2 aliphatic heterocycles. The van der Waals surface area contributed by atoms with E-state index in [2.05, 4.69) is 64.2 Å². The van der Waals surface area contributed by atoms with Gasteiger partial charge in [-0.2, -0.15) is 5.10 Å². The number of likely N-dealkylation sites (N-methyl/N-ethyl adjacent to an activating group) is 1. The van der Waals surface area contributed by atoms with Crippen LogP contribution in [0.25, 0.3) is 11.3 Å². The lowest BCUT2D eigenvalue weighted by Gasteiger charge is -2.45. The maximum absolute atomic E-state index is 14.0. The van der Waals surface area contributed by atoms with Gasteiger partial charge in [0.15, 0.2) is 0 Å². The van der Waals surface area contributed by atoms with Crippen LogP contribution in [-0.4, -0.2) is 61.7 Å². The number of benzene rings is 1. The number of hydrogen-bond acceptors (Lipinski definition) is 4. The molecule has 6 heteroatoms. The third-order valence-corrected chi connectivity index (χ3v) is 7.98. The van der Waals surface area contributed by atoms with Crippen LogP contribution < -0.4 is 0 Å². The standard InChI is InChI=1S/C28H35N5O/c1-28-18-24(16-21-10-6-4-7-11-21)32(3)26(28)12-8-5-9-15-33(28)27(34)22-13-14-29-25(17-22)23-19-30-31(2)20-23/h4,6-7,10-11,13-14,17,19-20,24,26H,5,8-9,12,15-16,18H2,1-3H3/t24-,26+,28+/m1/s1. The smallest absolute Gasteiger partial charge is 0.254 e. The molecule has 0 spiro atoms. The van der Waals surface area contributed by atoms with Gasteiger partial charge >= 0.3 is 0 Å². The van der Waals surface area contributed by atoms with E-state index in [9.17, 15) is 4.79 Å². The second-order valence-corrected chi connectivity index (χ2v) is 10.2. The summed E-state index contributed by atoms with van der Waals surface area (Å²) in [6, 6.07) is 15.3. The second kappa shape index (κ2) is 9.34. The fraction of sp³-hybridized carbons (Fsp3) is 0.464. The van der Waals surface area contributed by atoms with E-state index in [4.69, 9.17) is 0 Å². The maximum atomic E-state index is 14.0. The van der Waals surface area contributed by atoms with Gasteiger partial charge in [0.05, 0.1) is 17.4 Å². The molecule has 1 aromatic carbocycles. The first-order valence-corrected chi connectivity index (χ1v) is 12.5. The van der Waals surface area contributed by atoms with E-state index in [1.165, 1.54) is 18.4 Å². The molecule has 2 aromatic heterocycles. The van der Waals surface area contributed by atoms with Crippen LogP contribution in [0.5, 0.6) is 0 Å². The minimum atomic E-state index is -0.191. The number of pyridine rings is 1. The number of fused-ring (bicyclic) bond motifs is 1. The number of aryl methyl sites for hydroxylation is 1. The summed E-state index contributed by atoms with van der Waals surface area (Å²) >= 11 is 0. The Labute approximate surface area is 202 Å². The van der Waals surface area contributed by atoms with Gasteiger partial charge in [-0.05, 0) is 57.4 Å². The van der Waals surface area contributed by atoms with E-state index in [0.29, 0.717) is 17.6 Å². The Hall–Kier alpha value is -2.99. The van der Waals surface area contributed by atoms with Crippen LogP contribution in [0, 0.1) is 0 Å². The van der Waals surface area contributed by atoms with E-state index in [0.717, 1.165) is 43.5 Å². The predicted molar refractivity (Wildman–Crippen MR) is 134 cm³/mol. The number of likely N-dealkylation sites (tertiary alicyclic amines) is 2. The van der Waals surface area contributed by atoms with Crippen molar-refractivity contribution in [2.24, 2.45) is 7.05 Å². The third kappa shape index (κ3) is 4.27. The lowest BCUT2D eigenvalue weighted by atomic mass is 9.83. The summed E-state index contributed by atoms with van der Waals surface area (Å²) in [5.41, 5.74) is 3.60. The van der Waals surface area contributed by atoms with E-state index in [1.807, 2.05) is 25.4 Å². The number of nitrogens with zero attached hydrogens (tertiary/aromatic N) is 5. The molecule has 5 rings (SSSR count). The molecule has 0 saturated carbocycles. The summed E-state index contributed by atoms with van der Waals surface area (Å²) in [7, 11) is 4.16. The van der Waals surface area contributed by atoms with E-state index < -0.39 is 0 Å². The van der Waals surface area contributed by atoms with Gasteiger partial charge in [0.2, 0.25) is 0 Å². The molecule has 1 amide bonds. The lowest BCUT2D eigenvalue weighted by molar-refractivity contribution is 0.0342. The maximum Gasteiger partial charge on any atom is 0.254 e. The molecule has 4 heterocycles. The Balaban J connectivity index is 1.45. The SMILES string of the molecule is CN1[C@H](Cc2ccccc2)C[C@@]2(C)[C@@H]1CCCCCN2C(=O)c1ccnc(-c2cnn(C)c2)c1. The van der Waals surface area contributed by atoms with E-state index in [1.54, 1.807) is 17.1 Å². The van der Waals surface area contributed by atoms with E-state index in [-0.39, 0.29) is 11.4 Å². The lowest BCUT2D eigenvalue weighted by Crippen LogP contribution is -2.57. The van der Waals surface area contributed by atoms with Crippen molar-refractivity contribution in [3.05, 3.63) is 72.2 Å². The van der Waals surface area contributed by atoms with Crippen molar-refractivity contribution in [2.75, 3.05) is 13.6 Å². The molecule has 3 atom stereocenters. The average molecular weight is 458 g/mol. The monoisotopic (exact) mass is 457 g/mol. The molecular formula is C28H35N5O. The summed E-state index contributed by atoms with van der Waals surface area (Å²) in [4.78, 5) is 23.3. The fourth-order valence-corrected chi connectivity index (χ4v) is 6.16. The Kier molecular flexibility index (Phi) is 6.26. The quantitative estimate of drug-likeness (QED) is 0.576. The summed E-state index contributed by atoms with van der Waals surface area (Å²) < 4.78 is 1.76. The Morgan fingerprint density at radius 1 is 1.12 bits per heavy atom. The van der Waals surface area contributed by atoms with Crippen molar-refractivity contribution in [1.82, 2.24) is 24.6 Å². The number of carbonyl (C=O) groups is 1. The Morgan fingerprint density at radius 2 is 1.94 bits per heavy atom. The van der Waals surface area contributed by atoms with Gasteiger partial charge in [0, 0.05) is 49.2 Å². The molecule has 0 bridgehead atoms. The minimum Gasteiger partial charge on any atom is -0.332 e. The first-order chi connectivity index (χ1) is 16.5. The van der Waals surface area contributed by atoms with Crippen molar-refractivity contribution in [3.8, 4) is 11.3 Å². The van der Waals surface area contributed by atoms with Crippen molar-refractivity contribution in [2.45, 2.75) is 63.1 Å². The topological polar surface area (TPSA) is 54.3 Å². The second-order valence-electron chi connectivity index (χ2n) is 10.2. The number of carbonyl (C=O) groups excluding carboxylic acids is 1. The molecule has 2 saturated heterocycles. The molecule has 178 valence electrons. The average Bonchev–Trinajstić information content (AvgIpc) is 3.37. The Morgan fingerprint density at radius 3 is 2.71 bits per heavy atom. The van der Waals surface area contributed by atoms with Crippen LogP contribution >= 0.6 is 0 Å². The van der Waals surface area contributed by atoms with E-state index >= 15 is 0 Å². The highest BCUT2D eigenvalue weighted by Gasteiger charge is 2.52. The Bertz CT molecular complexity index is 1140. The number of rotatable bonds is 4. The molecule has 0 aliphatic carbocycles. The van der Waals surface area contributed by atoms with Crippen LogP contribution in [0.3, 0.4) is 0 Å². The van der Waals surface area contributed by atoms with Crippen LogP contribution in [0.15, 0.2) is 61.1 Å². The first kappa shape index (κ1) is 22.8. The normalized spacial score (nSPS) is 25.6. The van der Waals surface area contributed by atoms with Gasteiger partial charge < -0.3 is 4.90 Å². The zero-order chi connectivity index (χ0) is 23.7. The zero-order valence-corrected chi connectivity index (χ0v) is 20.5. The largest absolute Gasteiger partial charge is 0.332 e. The minimum absolute atomic E-state index is 0.121. The molecule has 2 aliphatic rings. The molecule has 34 heavy (non-hydrogen) atoms. The third-order valence-electron chi connectivity index (χ3n) is 7.98. The van der Waals surface area contributed by atoms with Gasteiger partial charge in [-0.15, -0.1) is 0 Å². The van der Waals surface area contributed by atoms with Gasteiger partial charge in [-0.3, -0.25) is 19.4 Å². The predicted octanol–water partition coefficient (Wildman–Crippen LogP) is 4.57. The van der Waals surface area contributed by atoms with Crippen LogP contribution in [0.4, 0.5) is 0 Å². The summed E-state index contributed by atoms with van der Waals surface area (Å²) in [6.07, 6.45) is 12.1. The van der Waals surface area contributed by atoms with Gasteiger partial charge in [0.25, 0.3) is 5.91 Å². The van der Waals surface area contributed by atoms with Crippen molar-refractivity contribution in [3.63, 3.8) is 0 Å². The zero-order valence-electron chi connectivity index (χ0n) is 20.5. The molecule has 3 aromatic rings. The van der Waals surface area contributed by atoms with Gasteiger partial charge in [-0.25, -0.2) is 0 Å². The van der Waals surface area contributed by atoms with Crippen LogP contribution in [0.2, 0.25) is 0 Å². The fourth-order valence-electron chi connectivity index (χ4n) is 6.16. The van der Waals surface area contributed by atoms with Crippen molar-refractivity contribution >= 4 is 5.91 Å². The number of hydrogen-bond donors (Lipinski definition) is 0. The van der Waals surface area contributed by atoms with Crippen molar-refractivity contribution < 1.29 is 4.79 Å². The highest BCUT2D eigenvalue weighted by Crippen LogP contribution is 2.42. The molecule has 6 nitrogen and oxygen atoms in total. The number of amides is 1. The van der Waals surface area contributed by atoms with Crippen molar-refractivity contribution in [1.29, 1.82) is 0 Å². The molecule has 0 radical (unpaired) electrons. The first-order valence-electron chi connectivity index (χ1n) is 12.5. The molecule has 0 N–H and O–H groups in total. The van der Waals surface area contributed by atoms with Crippen LogP contribution in [-0.2, 0) is 13.5 Å². The summed E-state index contributed by atoms with van der Waals surface area (Å²) in [6.45, 7) is 3.13. The molecule has 2 fully saturated rings. The van der Waals surface area contributed by atoms with Gasteiger partial charge in [-0.1, -0.05) is 43.2 Å². The summed E-state index contributed by atoms with van der Waals surface area (Å²) in [5.74, 6) is 0.121. The summed E-state index contributed by atoms with van der Waals surface area (Å²) in [5, 5.41) is 4.26. The highest BCUT2D eigenvalue weighted by atomic mass is 16.2. The molecule has 0 unspecified atom stereocenters. The number of aromatic nitrogens is 3. The van der Waals surface area contributed by atoms with Crippen LogP contribution in [0.1, 0.15) is 54.9 Å². The van der Waals surface area contributed by atoms with Gasteiger partial charge in [0.1, 0.15) is 0 Å². The highest BCUT2D eigenvalue weighted by molar-refractivity contribution is 5.95.